The van der Waals surface area contributed by atoms with Crippen molar-refractivity contribution in [2.24, 2.45) is 5.92 Å². The highest BCUT2D eigenvalue weighted by Gasteiger charge is 2.40. The van der Waals surface area contributed by atoms with Crippen LogP contribution < -0.4 is 11.1 Å². The van der Waals surface area contributed by atoms with Crippen molar-refractivity contribution in [1.29, 1.82) is 0 Å². The summed E-state index contributed by atoms with van der Waals surface area (Å²) in [4.78, 5) is 14.0. The summed E-state index contributed by atoms with van der Waals surface area (Å²) in [5.41, 5.74) is 7.27. The molecule has 0 spiro atoms. The maximum atomic E-state index is 13.0. The van der Waals surface area contributed by atoms with Crippen LogP contribution in [0.3, 0.4) is 0 Å². The van der Waals surface area contributed by atoms with Crippen LogP contribution in [0.25, 0.3) is 0 Å². The first kappa shape index (κ1) is 12.4. The maximum Gasteiger partial charge on any atom is 0.224 e. The van der Waals surface area contributed by atoms with Crippen LogP contribution in [-0.2, 0) is 11.3 Å². The van der Waals surface area contributed by atoms with Crippen LogP contribution in [0.15, 0.2) is 18.2 Å². The van der Waals surface area contributed by atoms with E-state index in [1.807, 2.05) is 0 Å². The molecule has 4 nitrogen and oxygen atoms in total. The lowest BCUT2D eigenvalue weighted by molar-refractivity contribution is -0.124. The molecule has 3 rings (SSSR count). The number of amides is 1. The summed E-state index contributed by atoms with van der Waals surface area (Å²) in [6.45, 7) is 2.36. The van der Waals surface area contributed by atoms with Gasteiger partial charge in [-0.1, -0.05) is 6.07 Å². The van der Waals surface area contributed by atoms with E-state index in [1.54, 1.807) is 6.07 Å². The quantitative estimate of drug-likeness (QED) is 0.786. The molecule has 0 bridgehead atoms. The number of halogens is 1. The van der Waals surface area contributed by atoms with Crippen molar-refractivity contribution in [1.82, 2.24) is 10.2 Å². The Morgan fingerprint density at radius 2 is 2.32 bits per heavy atom. The number of piperidine rings is 1. The molecular weight excluding hydrogens is 245 g/mol. The van der Waals surface area contributed by atoms with E-state index in [2.05, 4.69) is 10.2 Å². The van der Waals surface area contributed by atoms with Gasteiger partial charge in [0.05, 0.1) is 5.92 Å². The number of hydrogen-bond acceptors (Lipinski definition) is 3. The number of rotatable bonds is 2. The second-order valence-corrected chi connectivity index (χ2v) is 5.37. The second-order valence-electron chi connectivity index (χ2n) is 5.37. The third-order valence-electron chi connectivity index (χ3n) is 4.20. The lowest BCUT2D eigenvalue weighted by atomic mass is 9.91. The van der Waals surface area contributed by atoms with Gasteiger partial charge in [-0.15, -0.1) is 0 Å². The van der Waals surface area contributed by atoms with Crippen molar-refractivity contribution in [2.75, 3.05) is 18.8 Å². The number of benzene rings is 1. The molecular formula is C14H18FN3O. The minimum atomic E-state index is -0.310. The highest BCUT2D eigenvalue weighted by molar-refractivity contribution is 5.82. The Balaban J connectivity index is 1.77. The minimum absolute atomic E-state index is 0.107. The van der Waals surface area contributed by atoms with Crippen LogP contribution in [0.2, 0.25) is 0 Å². The van der Waals surface area contributed by atoms with E-state index in [4.69, 9.17) is 5.73 Å². The van der Waals surface area contributed by atoms with Gasteiger partial charge in [0, 0.05) is 24.8 Å². The topological polar surface area (TPSA) is 58.4 Å². The maximum absolute atomic E-state index is 13.0. The van der Waals surface area contributed by atoms with Gasteiger partial charge in [0.1, 0.15) is 5.82 Å². The van der Waals surface area contributed by atoms with E-state index < -0.39 is 0 Å². The lowest BCUT2D eigenvalue weighted by Crippen LogP contribution is -2.45. The van der Waals surface area contributed by atoms with Crippen molar-refractivity contribution in [3.8, 4) is 0 Å². The number of nitrogen functional groups attached to an aromatic ring is 1. The van der Waals surface area contributed by atoms with E-state index >= 15 is 0 Å². The molecule has 2 heterocycles. The summed E-state index contributed by atoms with van der Waals surface area (Å²) in [6, 6.07) is 4.78. The number of carbonyl (C=O) groups excluding carboxylic acids is 1. The Labute approximate surface area is 111 Å². The fourth-order valence-electron chi connectivity index (χ4n) is 3.17. The monoisotopic (exact) mass is 263 g/mol. The van der Waals surface area contributed by atoms with Gasteiger partial charge >= 0.3 is 0 Å². The van der Waals surface area contributed by atoms with E-state index in [0.717, 1.165) is 24.9 Å². The second kappa shape index (κ2) is 4.81. The van der Waals surface area contributed by atoms with Crippen molar-refractivity contribution < 1.29 is 9.18 Å². The number of fused-ring (bicyclic) bond motifs is 1. The number of anilines is 1. The van der Waals surface area contributed by atoms with Crippen LogP contribution >= 0.6 is 0 Å². The molecule has 19 heavy (non-hydrogen) atoms. The molecule has 0 aliphatic carbocycles. The van der Waals surface area contributed by atoms with E-state index in [1.165, 1.54) is 12.1 Å². The molecule has 2 unspecified atom stereocenters. The van der Waals surface area contributed by atoms with Gasteiger partial charge in [-0.2, -0.15) is 0 Å². The molecule has 2 aliphatic rings. The van der Waals surface area contributed by atoms with Crippen LogP contribution in [-0.4, -0.2) is 29.9 Å². The van der Waals surface area contributed by atoms with Gasteiger partial charge in [0.2, 0.25) is 5.91 Å². The zero-order valence-electron chi connectivity index (χ0n) is 10.7. The number of carbonyl (C=O) groups is 1. The summed E-state index contributed by atoms with van der Waals surface area (Å²) in [7, 11) is 0. The van der Waals surface area contributed by atoms with Gasteiger partial charge in [-0.25, -0.2) is 4.39 Å². The number of hydrogen-bond donors (Lipinski definition) is 2. The highest BCUT2D eigenvalue weighted by atomic mass is 19.1. The first-order valence-corrected chi connectivity index (χ1v) is 6.71. The molecule has 2 fully saturated rings. The molecule has 0 saturated carbocycles. The predicted octanol–water partition coefficient (Wildman–Crippen LogP) is 1.12. The van der Waals surface area contributed by atoms with Gasteiger partial charge in [-0.05, 0) is 37.1 Å². The predicted molar refractivity (Wildman–Crippen MR) is 70.7 cm³/mol. The third-order valence-corrected chi connectivity index (χ3v) is 4.20. The summed E-state index contributed by atoms with van der Waals surface area (Å²) in [5.74, 6) is -0.0346. The molecule has 1 amide bonds. The Morgan fingerprint density at radius 1 is 1.47 bits per heavy atom. The van der Waals surface area contributed by atoms with E-state index in [-0.39, 0.29) is 23.7 Å². The fourth-order valence-corrected chi connectivity index (χ4v) is 3.17. The molecule has 3 N–H and O–H groups in total. The molecule has 1 aromatic carbocycles. The molecule has 2 saturated heterocycles. The van der Waals surface area contributed by atoms with Gasteiger partial charge in [-0.3, -0.25) is 9.69 Å². The van der Waals surface area contributed by atoms with Gasteiger partial charge in [0.25, 0.3) is 0 Å². The van der Waals surface area contributed by atoms with Crippen LogP contribution in [0.1, 0.15) is 18.4 Å². The molecule has 102 valence electrons. The highest BCUT2D eigenvalue weighted by Crippen LogP contribution is 2.29. The average molecular weight is 263 g/mol. The Morgan fingerprint density at radius 3 is 3.11 bits per heavy atom. The Hall–Kier alpha value is -1.62. The Bertz CT molecular complexity index is 505. The fraction of sp³-hybridized carbons (Fsp3) is 0.500. The number of nitrogens with two attached hydrogens (primary N) is 1. The molecule has 0 radical (unpaired) electrons. The van der Waals surface area contributed by atoms with Gasteiger partial charge in [0.15, 0.2) is 0 Å². The summed E-state index contributed by atoms with van der Waals surface area (Å²) >= 11 is 0. The summed E-state index contributed by atoms with van der Waals surface area (Å²) in [5, 5.41) is 2.93. The van der Waals surface area contributed by atoms with Crippen molar-refractivity contribution in [3.63, 3.8) is 0 Å². The first-order valence-electron chi connectivity index (χ1n) is 6.71. The number of nitrogens with zero attached hydrogens (tertiary/aromatic N) is 1. The van der Waals surface area contributed by atoms with Crippen molar-refractivity contribution in [2.45, 2.75) is 25.4 Å². The molecule has 2 atom stereocenters. The standard InChI is InChI=1S/C14H18FN3O/c15-10-4-3-9(12(16)6-10)8-18-5-1-2-11-13(18)7-17-14(11)19/h3-4,6,11,13H,1-2,5,7-8,16H2,(H,17,19). The van der Waals surface area contributed by atoms with Crippen molar-refractivity contribution >= 4 is 11.6 Å². The minimum Gasteiger partial charge on any atom is -0.398 e. The molecule has 1 aromatic rings. The van der Waals surface area contributed by atoms with Crippen LogP contribution in [0.4, 0.5) is 10.1 Å². The third kappa shape index (κ3) is 2.30. The van der Waals surface area contributed by atoms with Crippen LogP contribution in [0.5, 0.6) is 0 Å². The Kier molecular flexibility index (Phi) is 3.14. The van der Waals surface area contributed by atoms with E-state index in [0.29, 0.717) is 18.8 Å². The van der Waals surface area contributed by atoms with Crippen LogP contribution in [0, 0.1) is 11.7 Å². The lowest BCUT2D eigenvalue weighted by Gasteiger charge is -2.36. The largest absolute Gasteiger partial charge is 0.398 e. The SMILES string of the molecule is Nc1cc(F)ccc1CN1CCCC2C(=O)NCC21. The normalized spacial score (nSPS) is 27.1. The summed E-state index contributed by atoms with van der Waals surface area (Å²) < 4.78 is 13.0. The molecule has 2 aliphatic heterocycles. The van der Waals surface area contributed by atoms with Gasteiger partial charge < -0.3 is 11.1 Å². The number of nitrogens with one attached hydrogen (secondary N) is 1. The molecule has 0 aromatic heterocycles. The zero-order valence-corrected chi connectivity index (χ0v) is 10.7. The molecule has 5 heteroatoms. The smallest absolute Gasteiger partial charge is 0.224 e. The zero-order chi connectivity index (χ0) is 13.4. The first-order chi connectivity index (χ1) is 9.15. The van der Waals surface area contributed by atoms with E-state index in [9.17, 15) is 9.18 Å². The van der Waals surface area contributed by atoms with Crippen molar-refractivity contribution in [3.05, 3.63) is 29.6 Å². The average Bonchev–Trinajstić information content (AvgIpc) is 2.76. The number of likely N-dealkylation sites (tertiary alicyclic amines) is 1. The summed E-state index contributed by atoms with van der Waals surface area (Å²) in [6.07, 6.45) is 1.99.